The summed E-state index contributed by atoms with van der Waals surface area (Å²) >= 11 is 3.15. The fourth-order valence-corrected chi connectivity index (χ4v) is 3.60. The Hall–Kier alpha value is -0.960. The van der Waals surface area contributed by atoms with Gasteiger partial charge in [-0.05, 0) is 47.0 Å². The molecule has 0 radical (unpaired) electrons. The Kier molecular flexibility index (Phi) is 5.69. The van der Waals surface area contributed by atoms with E-state index in [2.05, 4.69) is 20.7 Å². The molecule has 1 aromatic rings. The molecule has 0 aromatic heterocycles. The third-order valence-electron chi connectivity index (χ3n) is 2.74. The van der Waals surface area contributed by atoms with Gasteiger partial charge in [0.2, 0.25) is 10.0 Å². The largest absolute Gasteiger partial charge is 0.478 e. The van der Waals surface area contributed by atoms with Gasteiger partial charge in [0.15, 0.2) is 0 Å². The van der Waals surface area contributed by atoms with Crippen LogP contribution in [-0.4, -0.2) is 37.2 Å². The van der Waals surface area contributed by atoms with Crippen LogP contribution in [0.5, 0.6) is 0 Å². The molecule has 0 aliphatic heterocycles. The van der Waals surface area contributed by atoms with Crippen LogP contribution in [0.25, 0.3) is 0 Å². The van der Waals surface area contributed by atoms with Crippen molar-refractivity contribution in [3.05, 3.63) is 27.7 Å². The van der Waals surface area contributed by atoms with Crippen LogP contribution < -0.4 is 4.72 Å². The Morgan fingerprint density at radius 2 is 2.05 bits per heavy atom. The van der Waals surface area contributed by atoms with E-state index in [0.29, 0.717) is 16.5 Å². The first-order valence-corrected chi connectivity index (χ1v) is 8.17. The molecule has 0 fully saturated rings. The average Bonchev–Trinajstić information content (AvgIpc) is 2.38. The highest BCUT2D eigenvalue weighted by Crippen LogP contribution is 2.27. The number of nitrogens with one attached hydrogen (secondary N) is 1. The molecule has 0 saturated carbocycles. The molecular weight excluding hydrogens is 350 g/mol. The zero-order valence-corrected chi connectivity index (χ0v) is 13.5. The first kappa shape index (κ1) is 17.1. The number of carbonyl (C=O) groups is 1. The molecule has 1 atom stereocenters. The Bertz CT molecular complexity index is 615. The topological polar surface area (TPSA) is 104 Å². The summed E-state index contributed by atoms with van der Waals surface area (Å²) in [5.74, 6) is -1.20. The van der Waals surface area contributed by atoms with Gasteiger partial charge in [0.05, 0.1) is 16.6 Å². The summed E-state index contributed by atoms with van der Waals surface area (Å²) in [6.07, 6.45) is -0.370. The van der Waals surface area contributed by atoms with Gasteiger partial charge in [0.25, 0.3) is 0 Å². The van der Waals surface area contributed by atoms with E-state index < -0.39 is 22.1 Å². The van der Waals surface area contributed by atoms with Crippen LogP contribution in [-0.2, 0) is 10.0 Å². The summed E-state index contributed by atoms with van der Waals surface area (Å²) in [5.41, 5.74) is 0.392. The first-order valence-electron chi connectivity index (χ1n) is 5.90. The number of halogens is 1. The predicted molar refractivity (Wildman–Crippen MR) is 77.3 cm³/mol. The molecule has 0 saturated heterocycles. The average molecular weight is 366 g/mol. The van der Waals surface area contributed by atoms with Crippen molar-refractivity contribution in [3.8, 4) is 0 Å². The van der Waals surface area contributed by atoms with Crippen molar-refractivity contribution >= 4 is 31.9 Å². The number of hydrogen-bond donors (Lipinski definition) is 3. The molecule has 112 valence electrons. The molecule has 0 spiro atoms. The lowest BCUT2D eigenvalue weighted by Crippen LogP contribution is -2.32. The fraction of sp³-hybridized carbons (Fsp3) is 0.417. The maximum atomic E-state index is 12.2. The third kappa shape index (κ3) is 4.02. The molecular formula is C12H16BrNO5S. The molecule has 0 amide bonds. The summed E-state index contributed by atoms with van der Waals surface area (Å²) in [6.45, 7) is 3.21. The lowest BCUT2D eigenvalue weighted by Gasteiger charge is -2.13. The van der Waals surface area contributed by atoms with Gasteiger partial charge in [0.1, 0.15) is 0 Å². The van der Waals surface area contributed by atoms with Crippen molar-refractivity contribution in [3.63, 3.8) is 0 Å². The van der Waals surface area contributed by atoms with Crippen LogP contribution in [0.2, 0.25) is 0 Å². The number of sulfonamides is 1. The van der Waals surface area contributed by atoms with Gasteiger partial charge in [-0.3, -0.25) is 0 Å². The summed E-state index contributed by atoms with van der Waals surface area (Å²) in [5, 5.41) is 18.4. The van der Waals surface area contributed by atoms with Crippen molar-refractivity contribution in [1.29, 1.82) is 0 Å². The smallest absolute Gasteiger partial charge is 0.335 e. The van der Waals surface area contributed by atoms with E-state index in [4.69, 9.17) is 5.11 Å². The summed E-state index contributed by atoms with van der Waals surface area (Å²) in [6, 6.07) is 2.46. The number of hydrogen-bond acceptors (Lipinski definition) is 4. The molecule has 1 unspecified atom stereocenters. The number of aliphatic hydroxyl groups is 1. The van der Waals surface area contributed by atoms with E-state index >= 15 is 0 Å². The summed E-state index contributed by atoms with van der Waals surface area (Å²) < 4.78 is 26.9. The quantitative estimate of drug-likeness (QED) is 0.708. The zero-order chi connectivity index (χ0) is 15.5. The molecule has 3 N–H and O–H groups in total. The van der Waals surface area contributed by atoms with Crippen LogP contribution in [0.4, 0.5) is 0 Å². The highest BCUT2D eigenvalue weighted by atomic mass is 79.9. The maximum Gasteiger partial charge on any atom is 0.335 e. The lowest BCUT2D eigenvalue weighted by molar-refractivity contribution is 0.0696. The van der Waals surface area contributed by atoms with Gasteiger partial charge < -0.3 is 10.2 Å². The Labute approximate surface area is 126 Å². The van der Waals surface area contributed by atoms with Crippen molar-refractivity contribution in [2.75, 3.05) is 6.54 Å². The number of benzene rings is 1. The molecule has 20 heavy (non-hydrogen) atoms. The van der Waals surface area contributed by atoms with E-state index in [-0.39, 0.29) is 17.0 Å². The fourth-order valence-electron chi connectivity index (χ4n) is 1.48. The van der Waals surface area contributed by atoms with Gasteiger partial charge in [-0.25, -0.2) is 17.9 Å². The summed E-state index contributed by atoms with van der Waals surface area (Å²) in [4.78, 5) is 10.8. The molecule has 1 aromatic carbocycles. The van der Waals surface area contributed by atoms with Crippen molar-refractivity contribution in [2.45, 2.75) is 31.3 Å². The minimum atomic E-state index is -3.89. The van der Waals surface area contributed by atoms with Gasteiger partial charge in [-0.15, -0.1) is 0 Å². The lowest BCUT2D eigenvalue weighted by atomic mass is 10.1. The third-order valence-corrected chi connectivity index (χ3v) is 5.50. The van der Waals surface area contributed by atoms with Crippen molar-refractivity contribution in [2.24, 2.45) is 0 Å². The van der Waals surface area contributed by atoms with E-state index in [0.717, 1.165) is 6.07 Å². The van der Waals surface area contributed by atoms with Gasteiger partial charge in [-0.1, -0.05) is 6.92 Å². The van der Waals surface area contributed by atoms with Crippen molar-refractivity contribution < 1.29 is 23.4 Å². The van der Waals surface area contributed by atoms with Gasteiger partial charge in [0, 0.05) is 11.0 Å². The van der Waals surface area contributed by atoms with Crippen LogP contribution in [0.15, 0.2) is 21.5 Å². The van der Waals surface area contributed by atoms with E-state index in [1.165, 1.54) is 6.07 Å². The Morgan fingerprint density at radius 3 is 2.55 bits per heavy atom. The molecule has 0 bridgehead atoms. The molecule has 1 rings (SSSR count). The van der Waals surface area contributed by atoms with Gasteiger partial charge >= 0.3 is 5.97 Å². The van der Waals surface area contributed by atoms with Crippen LogP contribution in [0.3, 0.4) is 0 Å². The Balaban J connectivity index is 3.20. The summed E-state index contributed by atoms with van der Waals surface area (Å²) in [7, 11) is -3.89. The van der Waals surface area contributed by atoms with Gasteiger partial charge in [-0.2, -0.15) is 0 Å². The minimum Gasteiger partial charge on any atom is -0.478 e. The first-order chi connectivity index (χ1) is 9.19. The second-order valence-electron chi connectivity index (χ2n) is 4.32. The second-order valence-corrected chi connectivity index (χ2v) is 6.85. The Morgan fingerprint density at radius 1 is 1.45 bits per heavy atom. The molecule has 0 heterocycles. The van der Waals surface area contributed by atoms with E-state index in [1.807, 2.05) is 0 Å². The molecule has 8 heteroatoms. The predicted octanol–water partition coefficient (Wildman–Crippen LogP) is 1.50. The van der Waals surface area contributed by atoms with Crippen LogP contribution >= 0.6 is 15.9 Å². The maximum absolute atomic E-state index is 12.2. The minimum absolute atomic E-state index is 0.109. The van der Waals surface area contributed by atoms with E-state index in [1.54, 1.807) is 13.8 Å². The van der Waals surface area contributed by atoms with Crippen molar-refractivity contribution in [1.82, 2.24) is 4.72 Å². The monoisotopic (exact) mass is 365 g/mol. The zero-order valence-electron chi connectivity index (χ0n) is 11.1. The highest BCUT2D eigenvalue weighted by Gasteiger charge is 2.22. The molecule has 0 aliphatic rings. The second kappa shape index (κ2) is 6.66. The molecule has 0 aliphatic carbocycles. The van der Waals surface area contributed by atoms with Crippen LogP contribution in [0, 0.1) is 6.92 Å². The number of aryl methyl sites for hydroxylation is 1. The SMILES string of the molecule is CCC(O)CNS(=O)(=O)c1cc(C(=O)O)cc(C)c1Br. The number of rotatable bonds is 6. The molecule has 6 nitrogen and oxygen atoms in total. The number of aromatic carboxylic acids is 1. The van der Waals surface area contributed by atoms with E-state index in [9.17, 15) is 18.3 Å². The number of aliphatic hydroxyl groups excluding tert-OH is 1. The highest BCUT2D eigenvalue weighted by molar-refractivity contribution is 9.10. The number of carboxylic acid groups (broad SMARTS) is 1. The standard InChI is InChI=1S/C12H16BrNO5S/c1-3-9(15)6-14-20(18,19)10-5-8(12(16)17)4-7(2)11(10)13/h4-5,9,14-15H,3,6H2,1-2H3,(H,16,17). The number of carboxylic acids is 1. The van der Waals surface area contributed by atoms with Crippen LogP contribution in [0.1, 0.15) is 29.3 Å². The normalized spacial score (nSPS) is 13.2.